The summed E-state index contributed by atoms with van der Waals surface area (Å²) in [6.07, 6.45) is 0. The third kappa shape index (κ3) is 4.29. The van der Waals surface area contributed by atoms with E-state index in [-0.39, 0.29) is 11.6 Å². The molecule has 0 aliphatic carbocycles. The first-order valence-corrected chi connectivity index (χ1v) is 7.57. The molecule has 1 amide bonds. The van der Waals surface area contributed by atoms with Gasteiger partial charge in [-0.05, 0) is 31.5 Å². The molecule has 5 nitrogen and oxygen atoms in total. The lowest BCUT2D eigenvalue weighted by Crippen LogP contribution is -2.35. The SMILES string of the molecule is Cc1ccc(N(Cc2ccc([N+](=O)[O-])cc2)C(=O)[C@@H](C)Cl)cc1. The van der Waals surface area contributed by atoms with Gasteiger partial charge in [-0.1, -0.05) is 29.8 Å². The van der Waals surface area contributed by atoms with E-state index in [9.17, 15) is 14.9 Å². The minimum Gasteiger partial charge on any atom is -0.307 e. The molecule has 120 valence electrons. The molecule has 2 aromatic rings. The number of nitro benzene ring substituents is 1. The van der Waals surface area contributed by atoms with Crippen LogP contribution in [-0.4, -0.2) is 16.2 Å². The van der Waals surface area contributed by atoms with Gasteiger partial charge in [-0.25, -0.2) is 0 Å². The number of hydrogen-bond acceptors (Lipinski definition) is 3. The second kappa shape index (κ2) is 7.24. The van der Waals surface area contributed by atoms with Gasteiger partial charge >= 0.3 is 0 Å². The third-order valence-corrected chi connectivity index (χ3v) is 3.63. The summed E-state index contributed by atoms with van der Waals surface area (Å²) in [5.74, 6) is -0.214. The number of aryl methyl sites for hydroxylation is 1. The van der Waals surface area contributed by atoms with Crippen LogP contribution >= 0.6 is 11.6 Å². The van der Waals surface area contributed by atoms with Gasteiger partial charge in [0.2, 0.25) is 5.91 Å². The average Bonchev–Trinajstić information content (AvgIpc) is 2.53. The lowest BCUT2D eigenvalue weighted by atomic mass is 10.1. The van der Waals surface area contributed by atoms with Crippen molar-refractivity contribution in [2.45, 2.75) is 25.8 Å². The molecule has 0 bridgehead atoms. The molecule has 0 spiro atoms. The zero-order valence-corrected chi connectivity index (χ0v) is 13.7. The van der Waals surface area contributed by atoms with Crippen LogP contribution in [0.15, 0.2) is 48.5 Å². The van der Waals surface area contributed by atoms with Crippen LogP contribution in [0.5, 0.6) is 0 Å². The highest BCUT2D eigenvalue weighted by molar-refractivity contribution is 6.32. The fraction of sp³-hybridized carbons (Fsp3) is 0.235. The maximum absolute atomic E-state index is 12.4. The van der Waals surface area contributed by atoms with E-state index in [1.807, 2.05) is 31.2 Å². The predicted molar refractivity (Wildman–Crippen MR) is 90.8 cm³/mol. The second-order valence-electron chi connectivity index (χ2n) is 5.30. The van der Waals surface area contributed by atoms with E-state index in [0.29, 0.717) is 6.54 Å². The highest BCUT2D eigenvalue weighted by Gasteiger charge is 2.20. The van der Waals surface area contributed by atoms with Crippen molar-refractivity contribution < 1.29 is 9.72 Å². The molecule has 0 heterocycles. The van der Waals surface area contributed by atoms with Gasteiger partial charge in [0.15, 0.2) is 0 Å². The molecule has 6 heteroatoms. The molecule has 1 atom stereocenters. The standard InChI is InChI=1S/C17H17ClN2O3/c1-12-3-7-15(8-4-12)19(17(21)13(2)18)11-14-5-9-16(10-6-14)20(22)23/h3-10,13H,11H2,1-2H3/t13-/m1/s1. The quantitative estimate of drug-likeness (QED) is 0.471. The van der Waals surface area contributed by atoms with Crippen LogP contribution in [0.25, 0.3) is 0 Å². The Morgan fingerprint density at radius 3 is 2.22 bits per heavy atom. The van der Waals surface area contributed by atoms with E-state index in [1.54, 1.807) is 24.0 Å². The fourth-order valence-corrected chi connectivity index (χ4v) is 2.26. The normalized spacial score (nSPS) is 11.8. The van der Waals surface area contributed by atoms with Gasteiger partial charge in [0.1, 0.15) is 5.38 Å². The lowest BCUT2D eigenvalue weighted by Gasteiger charge is -2.24. The number of carbonyl (C=O) groups is 1. The fourth-order valence-electron chi connectivity index (χ4n) is 2.14. The van der Waals surface area contributed by atoms with Gasteiger partial charge in [0.05, 0.1) is 11.5 Å². The smallest absolute Gasteiger partial charge is 0.269 e. The number of nitrogens with zero attached hydrogens (tertiary/aromatic N) is 2. The van der Waals surface area contributed by atoms with Gasteiger partial charge in [0.25, 0.3) is 5.69 Å². The first kappa shape index (κ1) is 17.0. The zero-order valence-electron chi connectivity index (χ0n) is 12.9. The molecule has 0 radical (unpaired) electrons. The molecule has 0 aromatic heterocycles. The van der Waals surface area contributed by atoms with E-state index < -0.39 is 10.3 Å². The van der Waals surface area contributed by atoms with E-state index in [0.717, 1.165) is 16.8 Å². The topological polar surface area (TPSA) is 63.4 Å². The van der Waals surface area contributed by atoms with Gasteiger partial charge in [-0.15, -0.1) is 11.6 Å². The molecular formula is C17H17ClN2O3. The highest BCUT2D eigenvalue weighted by atomic mass is 35.5. The Morgan fingerprint density at radius 1 is 1.17 bits per heavy atom. The zero-order chi connectivity index (χ0) is 17.0. The largest absolute Gasteiger partial charge is 0.307 e. The number of halogens is 1. The van der Waals surface area contributed by atoms with E-state index >= 15 is 0 Å². The molecule has 0 aliphatic heterocycles. The molecule has 0 unspecified atom stereocenters. The van der Waals surface area contributed by atoms with Crippen molar-refractivity contribution >= 4 is 28.9 Å². The van der Waals surface area contributed by atoms with Gasteiger partial charge in [-0.2, -0.15) is 0 Å². The minimum absolute atomic E-state index is 0.0210. The number of alkyl halides is 1. The van der Waals surface area contributed by atoms with Crippen LogP contribution in [0, 0.1) is 17.0 Å². The van der Waals surface area contributed by atoms with E-state index in [2.05, 4.69) is 0 Å². The average molecular weight is 333 g/mol. The lowest BCUT2D eigenvalue weighted by molar-refractivity contribution is -0.384. The summed E-state index contributed by atoms with van der Waals surface area (Å²) >= 11 is 5.96. The summed E-state index contributed by atoms with van der Waals surface area (Å²) in [6.45, 7) is 3.90. The highest BCUT2D eigenvalue weighted by Crippen LogP contribution is 2.21. The summed E-state index contributed by atoms with van der Waals surface area (Å²) in [5, 5.41) is 10.1. The van der Waals surface area contributed by atoms with Crippen LogP contribution in [-0.2, 0) is 11.3 Å². The molecule has 23 heavy (non-hydrogen) atoms. The Morgan fingerprint density at radius 2 is 1.74 bits per heavy atom. The van der Waals surface area contributed by atoms with Crippen molar-refractivity contribution in [1.29, 1.82) is 0 Å². The van der Waals surface area contributed by atoms with Gasteiger partial charge in [0, 0.05) is 17.8 Å². The van der Waals surface area contributed by atoms with Crippen LogP contribution in [0.4, 0.5) is 11.4 Å². The molecule has 2 rings (SSSR count). The third-order valence-electron chi connectivity index (χ3n) is 3.44. The van der Waals surface area contributed by atoms with Crippen molar-refractivity contribution in [2.24, 2.45) is 0 Å². The summed E-state index contributed by atoms with van der Waals surface area (Å²) < 4.78 is 0. The van der Waals surface area contributed by atoms with Gasteiger partial charge in [-0.3, -0.25) is 14.9 Å². The van der Waals surface area contributed by atoms with Crippen molar-refractivity contribution in [1.82, 2.24) is 0 Å². The number of hydrogen-bond donors (Lipinski definition) is 0. The van der Waals surface area contributed by atoms with Crippen molar-refractivity contribution in [2.75, 3.05) is 4.90 Å². The minimum atomic E-state index is -0.658. The first-order chi connectivity index (χ1) is 10.9. The Balaban J connectivity index is 2.29. The second-order valence-corrected chi connectivity index (χ2v) is 5.95. The Kier molecular flexibility index (Phi) is 5.34. The number of rotatable bonds is 5. The number of benzene rings is 2. The summed E-state index contributed by atoms with van der Waals surface area (Å²) in [5.41, 5.74) is 2.65. The summed E-state index contributed by atoms with van der Waals surface area (Å²) in [7, 11) is 0. The molecule has 0 N–H and O–H groups in total. The first-order valence-electron chi connectivity index (χ1n) is 7.14. The number of anilines is 1. The number of non-ortho nitro benzene ring substituents is 1. The molecular weight excluding hydrogens is 316 g/mol. The maximum Gasteiger partial charge on any atom is 0.269 e. The maximum atomic E-state index is 12.4. The molecule has 0 aliphatic rings. The Labute approximate surface area is 139 Å². The van der Waals surface area contributed by atoms with Crippen LogP contribution in [0.2, 0.25) is 0 Å². The predicted octanol–water partition coefficient (Wildman–Crippen LogP) is 4.06. The van der Waals surface area contributed by atoms with Crippen molar-refractivity contribution in [3.8, 4) is 0 Å². The summed E-state index contributed by atoms with van der Waals surface area (Å²) in [6, 6.07) is 13.7. The Bertz CT molecular complexity index is 697. The molecule has 0 saturated heterocycles. The van der Waals surface area contributed by atoms with Crippen molar-refractivity contribution in [3.05, 3.63) is 69.8 Å². The molecule has 2 aromatic carbocycles. The van der Waals surface area contributed by atoms with E-state index in [1.165, 1.54) is 12.1 Å². The van der Waals surface area contributed by atoms with Gasteiger partial charge < -0.3 is 4.90 Å². The number of carbonyl (C=O) groups excluding carboxylic acids is 1. The van der Waals surface area contributed by atoms with Crippen LogP contribution in [0.1, 0.15) is 18.1 Å². The number of amides is 1. The van der Waals surface area contributed by atoms with Crippen LogP contribution in [0.3, 0.4) is 0 Å². The molecule has 0 saturated carbocycles. The van der Waals surface area contributed by atoms with Crippen molar-refractivity contribution in [3.63, 3.8) is 0 Å². The Hall–Kier alpha value is -2.40. The monoisotopic (exact) mass is 332 g/mol. The summed E-state index contributed by atoms with van der Waals surface area (Å²) in [4.78, 5) is 24.2. The molecule has 0 fully saturated rings. The number of nitro groups is 1. The van der Waals surface area contributed by atoms with E-state index in [4.69, 9.17) is 11.6 Å². The van der Waals surface area contributed by atoms with Crippen LogP contribution < -0.4 is 4.90 Å².